The third-order valence-corrected chi connectivity index (χ3v) is 3.13. The van der Waals surface area contributed by atoms with Crippen molar-refractivity contribution in [1.82, 2.24) is 4.90 Å². The minimum absolute atomic E-state index is 0.109. The maximum atomic E-state index is 10.4. The number of nitrogens with zero attached hydrogens (tertiary/aromatic N) is 1. The van der Waals surface area contributed by atoms with Gasteiger partial charge in [-0.05, 0) is 32.9 Å². The first-order chi connectivity index (χ1) is 5.49. The summed E-state index contributed by atoms with van der Waals surface area (Å²) < 4.78 is 29.4. The lowest BCUT2D eigenvalue weighted by Crippen LogP contribution is -2.27. The minimum atomic E-state index is -3.76. The topological polar surface area (TPSA) is 57.6 Å². The molecular weight excluding hydrogens is 178 g/mol. The summed E-state index contributed by atoms with van der Waals surface area (Å²) in [7, 11) is -1.77. The predicted octanol–water partition coefficient (Wildman–Crippen LogP) is 0.359. The molecule has 4 nitrogen and oxygen atoms in total. The molecule has 0 amide bonds. The second-order valence-corrected chi connectivity index (χ2v) is 4.92. The Hall–Kier alpha value is -0.130. The highest BCUT2D eigenvalue weighted by atomic mass is 32.2. The van der Waals surface area contributed by atoms with Gasteiger partial charge in [0.2, 0.25) is 0 Å². The quantitative estimate of drug-likeness (QED) is 0.657. The fourth-order valence-corrected chi connectivity index (χ4v) is 2.20. The summed E-state index contributed by atoms with van der Waals surface area (Å²) in [6.45, 7) is 1.04. The summed E-state index contributed by atoms with van der Waals surface area (Å²) >= 11 is 0. The van der Waals surface area contributed by atoms with Crippen LogP contribution in [0.15, 0.2) is 0 Å². The third kappa shape index (κ3) is 3.08. The van der Waals surface area contributed by atoms with E-state index in [0.717, 1.165) is 19.4 Å². The molecule has 1 aliphatic rings. The van der Waals surface area contributed by atoms with Crippen LogP contribution in [0.25, 0.3) is 0 Å². The van der Waals surface area contributed by atoms with Gasteiger partial charge in [-0.25, -0.2) is 0 Å². The first-order valence-corrected chi connectivity index (χ1v) is 5.75. The van der Waals surface area contributed by atoms with Gasteiger partial charge in [0.1, 0.15) is 0 Å². The van der Waals surface area contributed by atoms with Gasteiger partial charge in [-0.2, -0.15) is 8.42 Å². The van der Waals surface area contributed by atoms with Crippen LogP contribution in [0, 0.1) is 0 Å². The van der Waals surface area contributed by atoms with Crippen LogP contribution in [0.1, 0.15) is 19.3 Å². The normalized spacial score (nSPS) is 26.3. The second-order valence-electron chi connectivity index (χ2n) is 3.35. The van der Waals surface area contributed by atoms with Crippen molar-refractivity contribution < 1.29 is 13.0 Å². The van der Waals surface area contributed by atoms with Crippen LogP contribution in [0.3, 0.4) is 0 Å². The Morgan fingerprint density at radius 2 is 2.25 bits per heavy atom. The smallest absolute Gasteiger partial charge is 0.264 e. The van der Waals surface area contributed by atoms with E-state index in [9.17, 15) is 8.42 Å². The SMILES string of the molecule is CN1CCCC1CCS(=O)(=O)O. The highest BCUT2D eigenvalue weighted by Gasteiger charge is 2.22. The van der Waals surface area contributed by atoms with Crippen molar-refractivity contribution in [1.29, 1.82) is 0 Å². The summed E-state index contributed by atoms with van der Waals surface area (Å²) in [5.41, 5.74) is 0. The maximum absolute atomic E-state index is 10.4. The van der Waals surface area contributed by atoms with Crippen LogP contribution in [0.4, 0.5) is 0 Å². The summed E-state index contributed by atoms with van der Waals surface area (Å²) in [4.78, 5) is 2.14. The standard InChI is InChI=1S/C7H15NO3S/c1-8-5-2-3-7(8)4-6-12(9,10)11/h7H,2-6H2,1H3,(H,9,10,11). The molecule has 1 saturated heterocycles. The number of likely N-dealkylation sites (tertiary alicyclic amines) is 1. The van der Waals surface area contributed by atoms with Crippen molar-refractivity contribution in [2.24, 2.45) is 0 Å². The zero-order valence-corrected chi connectivity index (χ0v) is 8.05. The third-order valence-electron chi connectivity index (χ3n) is 2.38. The Kier molecular flexibility index (Phi) is 3.09. The molecule has 1 heterocycles. The average molecular weight is 193 g/mol. The minimum Gasteiger partial charge on any atom is -0.303 e. The lowest BCUT2D eigenvalue weighted by Gasteiger charge is -2.17. The van der Waals surface area contributed by atoms with E-state index >= 15 is 0 Å². The van der Waals surface area contributed by atoms with Crippen LogP contribution >= 0.6 is 0 Å². The van der Waals surface area contributed by atoms with Crippen molar-refractivity contribution in [3.63, 3.8) is 0 Å². The van der Waals surface area contributed by atoms with E-state index in [-0.39, 0.29) is 5.75 Å². The Morgan fingerprint density at radius 1 is 1.58 bits per heavy atom. The highest BCUT2D eigenvalue weighted by molar-refractivity contribution is 7.85. The van der Waals surface area contributed by atoms with Gasteiger partial charge in [0, 0.05) is 6.04 Å². The molecule has 1 N–H and O–H groups in total. The van der Waals surface area contributed by atoms with E-state index in [1.165, 1.54) is 0 Å². The number of hydrogen-bond acceptors (Lipinski definition) is 3. The Labute approximate surface area is 73.3 Å². The molecule has 1 aliphatic heterocycles. The van der Waals surface area contributed by atoms with Crippen LogP contribution in [-0.2, 0) is 10.1 Å². The second kappa shape index (κ2) is 3.72. The Morgan fingerprint density at radius 3 is 2.67 bits per heavy atom. The molecule has 0 aromatic heterocycles. The van der Waals surface area contributed by atoms with E-state index < -0.39 is 10.1 Å². The van der Waals surface area contributed by atoms with E-state index in [4.69, 9.17) is 4.55 Å². The average Bonchev–Trinajstić information content (AvgIpc) is 2.29. The van der Waals surface area contributed by atoms with Gasteiger partial charge in [-0.1, -0.05) is 0 Å². The van der Waals surface area contributed by atoms with Crippen molar-refractivity contribution in [3.8, 4) is 0 Å². The lowest BCUT2D eigenvalue weighted by molar-refractivity contribution is 0.303. The molecule has 1 atom stereocenters. The Bertz CT molecular complexity index is 237. The maximum Gasteiger partial charge on any atom is 0.264 e. The van der Waals surface area contributed by atoms with E-state index in [0.29, 0.717) is 12.5 Å². The van der Waals surface area contributed by atoms with E-state index in [1.807, 2.05) is 7.05 Å². The molecular formula is C7H15NO3S. The molecule has 5 heteroatoms. The summed E-state index contributed by atoms with van der Waals surface area (Å²) in [6, 6.07) is 0.340. The molecule has 0 aliphatic carbocycles. The lowest BCUT2D eigenvalue weighted by atomic mass is 10.2. The molecule has 0 bridgehead atoms. The molecule has 0 aromatic carbocycles. The predicted molar refractivity (Wildman–Crippen MR) is 46.7 cm³/mol. The highest BCUT2D eigenvalue weighted by Crippen LogP contribution is 2.17. The van der Waals surface area contributed by atoms with E-state index in [2.05, 4.69) is 4.90 Å². The molecule has 0 radical (unpaired) electrons. The number of hydrogen-bond donors (Lipinski definition) is 1. The molecule has 12 heavy (non-hydrogen) atoms. The molecule has 1 unspecified atom stereocenters. The summed E-state index contributed by atoms with van der Waals surface area (Å²) in [5, 5.41) is 0. The molecule has 0 aromatic rings. The van der Waals surface area contributed by atoms with Gasteiger partial charge in [0.15, 0.2) is 0 Å². The van der Waals surface area contributed by atoms with Crippen molar-refractivity contribution in [2.75, 3.05) is 19.3 Å². The van der Waals surface area contributed by atoms with Crippen LogP contribution in [0.2, 0.25) is 0 Å². The monoisotopic (exact) mass is 193 g/mol. The zero-order valence-electron chi connectivity index (χ0n) is 7.23. The largest absolute Gasteiger partial charge is 0.303 e. The molecule has 0 spiro atoms. The van der Waals surface area contributed by atoms with Gasteiger partial charge < -0.3 is 4.90 Å². The van der Waals surface area contributed by atoms with Crippen LogP contribution in [-0.4, -0.2) is 43.3 Å². The van der Waals surface area contributed by atoms with Gasteiger partial charge >= 0.3 is 0 Å². The number of rotatable bonds is 3. The molecule has 1 rings (SSSR count). The molecule has 0 saturated carbocycles. The van der Waals surface area contributed by atoms with Crippen molar-refractivity contribution in [2.45, 2.75) is 25.3 Å². The first kappa shape index (κ1) is 9.95. The van der Waals surface area contributed by atoms with Gasteiger partial charge in [-0.15, -0.1) is 0 Å². The van der Waals surface area contributed by atoms with Gasteiger partial charge in [0.05, 0.1) is 5.75 Å². The molecule has 72 valence electrons. The van der Waals surface area contributed by atoms with Crippen molar-refractivity contribution >= 4 is 10.1 Å². The molecule has 1 fully saturated rings. The zero-order chi connectivity index (χ0) is 9.19. The summed E-state index contributed by atoms with van der Waals surface area (Å²) in [6.07, 6.45) is 2.73. The van der Waals surface area contributed by atoms with Crippen molar-refractivity contribution in [3.05, 3.63) is 0 Å². The van der Waals surface area contributed by atoms with E-state index in [1.54, 1.807) is 0 Å². The summed E-state index contributed by atoms with van der Waals surface area (Å²) in [5.74, 6) is -0.109. The fraction of sp³-hybridized carbons (Fsp3) is 1.00. The van der Waals surface area contributed by atoms with Crippen LogP contribution < -0.4 is 0 Å². The fourth-order valence-electron chi connectivity index (χ4n) is 1.63. The van der Waals surface area contributed by atoms with Gasteiger partial charge in [-0.3, -0.25) is 4.55 Å². The van der Waals surface area contributed by atoms with Gasteiger partial charge in [0.25, 0.3) is 10.1 Å². The van der Waals surface area contributed by atoms with Crippen LogP contribution in [0.5, 0.6) is 0 Å². The Balaban J connectivity index is 2.32. The first-order valence-electron chi connectivity index (χ1n) is 4.14.